The van der Waals surface area contributed by atoms with Gasteiger partial charge in [0.15, 0.2) is 0 Å². The Kier molecular flexibility index (Phi) is 2.52. The topological polar surface area (TPSA) is 23.9 Å². The fourth-order valence-electron chi connectivity index (χ4n) is 1.36. The van der Waals surface area contributed by atoms with Gasteiger partial charge >= 0.3 is 0 Å². The van der Waals surface area contributed by atoms with E-state index in [1.165, 1.54) is 19.3 Å². The third-order valence-electron chi connectivity index (χ3n) is 1.96. The summed E-state index contributed by atoms with van der Waals surface area (Å²) in [5.41, 5.74) is 0. The largest absolute Gasteiger partial charge is 0.293 e. The average Bonchev–Trinajstić information content (AvgIpc) is 1.90. The van der Waals surface area contributed by atoms with Crippen molar-refractivity contribution in [2.75, 3.05) is 0 Å². The molecule has 0 unspecified atom stereocenters. The van der Waals surface area contributed by atoms with Crippen molar-refractivity contribution in [3.05, 3.63) is 0 Å². The SMILES string of the molecule is N=C(Cl)C1CCCCC1. The maximum Gasteiger partial charge on any atom is 0.1000 e. The predicted octanol–water partition coefficient (Wildman–Crippen LogP) is 2.78. The molecule has 0 aromatic carbocycles. The van der Waals surface area contributed by atoms with Gasteiger partial charge < -0.3 is 0 Å². The maximum atomic E-state index is 7.15. The smallest absolute Gasteiger partial charge is 0.1000 e. The second-order valence-corrected chi connectivity index (χ2v) is 3.09. The van der Waals surface area contributed by atoms with Gasteiger partial charge in [0.1, 0.15) is 0 Å². The first-order valence-electron chi connectivity index (χ1n) is 3.54. The highest BCUT2D eigenvalue weighted by atomic mass is 35.5. The molecule has 9 heavy (non-hydrogen) atoms. The fraction of sp³-hybridized carbons (Fsp3) is 0.857. The highest BCUT2D eigenvalue weighted by Crippen LogP contribution is 2.25. The Labute approximate surface area is 60.9 Å². The van der Waals surface area contributed by atoms with Crippen molar-refractivity contribution < 1.29 is 0 Å². The monoisotopic (exact) mass is 145 g/mol. The van der Waals surface area contributed by atoms with Crippen LogP contribution in [0.4, 0.5) is 0 Å². The Morgan fingerprint density at radius 2 is 1.78 bits per heavy atom. The van der Waals surface area contributed by atoms with Crippen LogP contribution in [0.1, 0.15) is 32.1 Å². The summed E-state index contributed by atoms with van der Waals surface area (Å²) < 4.78 is 0. The van der Waals surface area contributed by atoms with Crippen LogP contribution in [0, 0.1) is 11.3 Å². The number of halogens is 1. The van der Waals surface area contributed by atoms with E-state index in [1.807, 2.05) is 0 Å². The van der Waals surface area contributed by atoms with Crippen LogP contribution in [-0.4, -0.2) is 5.17 Å². The van der Waals surface area contributed by atoms with Gasteiger partial charge in [-0.1, -0.05) is 30.9 Å². The van der Waals surface area contributed by atoms with Crippen LogP contribution in [0.2, 0.25) is 0 Å². The minimum Gasteiger partial charge on any atom is -0.293 e. The molecule has 1 aliphatic rings. The van der Waals surface area contributed by atoms with E-state index in [-0.39, 0.29) is 0 Å². The van der Waals surface area contributed by atoms with E-state index in [9.17, 15) is 0 Å². The van der Waals surface area contributed by atoms with Crippen LogP contribution >= 0.6 is 11.6 Å². The van der Waals surface area contributed by atoms with Crippen molar-refractivity contribution in [1.29, 1.82) is 5.41 Å². The first-order valence-corrected chi connectivity index (χ1v) is 3.92. The van der Waals surface area contributed by atoms with Crippen molar-refractivity contribution in [2.24, 2.45) is 5.92 Å². The normalized spacial score (nSPS) is 21.9. The quantitative estimate of drug-likeness (QED) is 0.549. The molecule has 0 radical (unpaired) electrons. The van der Waals surface area contributed by atoms with Crippen LogP contribution in [0.15, 0.2) is 0 Å². The van der Waals surface area contributed by atoms with Crippen LogP contribution in [0.3, 0.4) is 0 Å². The zero-order valence-corrected chi connectivity index (χ0v) is 6.25. The summed E-state index contributed by atoms with van der Waals surface area (Å²) >= 11 is 5.54. The second kappa shape index (κ2) is 3.21. The van der Waals surface area contributed by atoms with E-state index in [4.69, 9.17) is 17.0 Å². The van der Waals surface area contributed by atoms with Gasteiger partial charge in [-0.05, 0) is 12.8 Å². The maximum absolute atomic E-state index is 7.15. The van der Waals surface area contributed by atoms with Gasteiger partial charge in [-0.15, -0.1) is 0 Å². The Bertz CT molecular complexity index is 105. The van der Waals surface area contributed by atoms with Crippen LogP contribution in [-0.2, 0) is 0 Å². The molecule has 0 saturated heterocycles. The van der Waals surface area contributed by atoms with Gasteiger partial charge in [0.05, 0.1) is 5.17 Å². The number of nitrogens with one attached hydrogen (secondary N) is 1. The Morgan fingerprint density at radius 1 is 1.22 bits per heavy atom. The van der Waals surface area contributed by atoms with Gasteiger partial charge in [0.25, 0.3) is 0 Å². The summed E-state index contributed by atoms with van der Waals surface area (Å²) in [5, 5.41) is 7.52. The highest BCUT2D eigenvalue weighted by molar-refractivity contribution is 6.64. The van der Waals surface area contributed by atoms with Crippen molar-refractivity contribution in [3.63, 3.8) is 0 Å². The molecule has 0 bridgehead atoms. The molecule has 2 heteroatoms. The lowest BCUT2D eigenvalue weighted by Gasteiger charge is -2.18. The predicted molar refractivity (Wildman–Crippen MR) is 40.2 cm³/mol. The van der Waals surface area contributed by atoms with Gasteiger partial charge in [0.2, 0.25) is 0 Å². The Morgan fingerprint density at radius 3 is 2.11 bits per heavy atom. The molecule has 0 atom stereocenters. The summed E-state index contributed by atoms with van der Waals surface area (Å²) in [6.45, 7) is 0. The first-order chi connectivity index (χ1) is 4.30. The zero-order valence-electron chi connectivity index (χ0n) is 5.49. The minimum absolute atomic E-state index is 0.370. The summed E-state index contributed by atoms with van der Waals surface area (Å²) in [6.07, 6.45) is 6.14. The molecule has 0 aromatic rings. The van der Waals surface area contributed by atoms with Gasteiger partial charge in [-0.2, -0.15) is 0 Å². The second-order valence-electron chi connectivity index (χ2n) is 2.68. The van der Waals surface area contributed by atoms with Crippen LogP contribution in [0.5, 0.6) is 0 Å². The van der Waals surface area contributed by atoms with E-state index < -0.39 is 0 Å². The molecular formula is C7H12ClN. The molecule has 0 heterocycles. The molecule has 1 aliphatic carbocycles. The lowest BCUT2D eigenvalue weighted by molar-refractivity contribution is 0.441. The molecule has 1 fully saturated rings. The number of hydrogen-bond donors (Lipinski definition) is 1. The highest BCUT2D eigenvalue weighted by Gasteiger charge is 2.15. The summed E-state index contributed by atoms with van der Waals surface area (Å²) in [5.74, 6) is 0.403. The fourth-order valence-corrected chi connectivity index (χ4v) is 1.57. The molecule has 1 nitrogen and oxygen atoms in total. The molecule has 52 valence electrons. The third-order valence-corrected chi connectivity index (χ3v) is 2.27. The minimum atomic E-state index is 0.370. The molecule has 0 aliphatic heterocycles. The summed E-state index contributed by atoms with van der Waals surface area (Å²) in [7, 11) is 0. The first kappa shape index (κ1) is 7.07. The lowest BCUT2D eigenvalue weighted by Crippen LogP contribution is -2.11. The molecule has 0 amide bonds. The number of hydrogen-bond acceptors (Lipinski definition) is 1. The molecule has 0 aromatic heterocycles. The molecule has 1 rings (SSSR count). The molecule has 0 spiro atoms. The average molecular weight is 146 g/mol. The van der Waals surface area contributed by atoms with Crippen molar-refractivity contribution in [2.45, 2.75) is 32.1 Å². The van der Waals surface area contributed by atoms with Crippen molar-refractivity contribution in [1.82, 2.24) is 0 Å². The van der Waals surface area contributed by atoms with Crippen molar-refractivity contribution in [3.8, 4) is 0 Å². The van der Waals surface area contributed by atoms with Gasteiger partial charge in [-0.25, -0.2) is 0 Å². The number of rotatable bonds is 1. The van der Waals surface area contributed by atoms with E-state index in [0.29, 0.717) is 11.1 Å². The molecule has 1 saturated carbocycles. The standard InChI is InChI=1S/C7H12ClN/c8-7(9)6-4-2-1-3-5-6/h6,9H,1-5H2. The van der Waals surface area contributed by atoms with E-state index in [1.54, 1.807) is 0 Å². The Balaban J connectivity index is 2.31. The van der Waals surface area contributed by atoms with E-state index in [2.05, 4.69) is 0 Å². The molecular weight excluding hydrogens is 134 g/mol. The molecule has 1 N–H and O–H groups in total. The van der Waals surface area contributed by atoms with Crippen molar-refractivity contribution >= 4 is 16.8 Å². The Hall–Kier alpha value is -0.0400. The zero-order chi connectivity index (χ0) is 6.69. The van der Waals surface area contributed by atoms with E-state index in [0.717, 1.165) is 12.8 Å². The summed E-state index contributed by atoms with van der Waals surface area (Å²) in [4.78, 5) is 0. The van der Waals surface area contributed by atoms with Gasteiger partial charge in [-0.3, -0.25) is 5.41 Å². The van der Waals surface area contributed by atoms with Crippen LogP contribution in [0.25, 0.3) is 0 Å². The third kappa shape index (κ3) is 1.98. The van der Waals surface area contributed by atoms with Crippen LogP contribution < -0.4 is 0 Å². The van der Waals surface area contributed by atoms with Gasteiger partial charge in [0, 0.05) is 5.92 Å². The summed E-state index contributed by atoms with van der Waals surface area (Å²) in [6, 6.07) is 0. The lowest BCUT2D eigenvalue weighted by atomic mass is 9.90. The van der Waals surface area contributed by atoms with E-state index >= 15 is 0 Å².